The number of anilines is 2. The molecule has 3 heterocycles. The molecule has 1 aliphatic rings. The van der Waals surface area contributed by atoms with Gasteiger partial charge < -0.3 is 25.4 Å². The van der Waals surface area contributed by atoms with E-state index in [0.29, 0.717) is 22.8 Å². The summed E-state index contributed by atoms with van der Waals surface area (Å²) in [5.41, 5.74) is 2.54. The Kier molecular flexibility index (Phi) is 4.29. The molecule has 26 heavy (non-hydrogen) atoms. The summed E-state index contributed by atoms with van der Waals surface area (Å²) in [6.07, 6.45) is -2.67. The van der Waals surface area contributed by atoms with Crippen molar-refractivity contribution in [3.8, 4) is 0 Å². The Morgan fingerprint density at radius 1 is 1.15 bits per heavy atom. The van der Waals surface area contributed by atoms with Crippen LogP contribution in [0.4, 0.5) is 11.6 Å². The lowest BCUT2D eigenvalue weighted by Gasteiger charge is -2.17. The van der Waals surface area contributed by atoms with Crippen LogP contribution in [-0.2, 0) is 4.74 Å². The average molecular weight is 357 g/mol. The fourth-order valence-corrected chi connectivity index (χ4v) is 3.06. The zero-order valence-corrected chi connectivity index (χ0v) is 14.0. The quantitative estimate of drug-likeness (QED) is 0.532. The minimum Gasteiger partial charge on any atom is -0.394 e. The Morgan fingerprint density at radius 2 is 1.92 bits per heavy atom. The first-order valence-corrected chi connectivity index (χ1v) is 8.24. The molecule has 1 fully saturated rings. The van der Waals surface area contributed by atoms with Gasteiger partial charge in [-0.2, -0.15) is 4.98 Å². The number of fused-ring (bicyclic) bond motifs is 1. The number of hydrogen-bond acceptors (Lipinski definition) is 8. The van der Waals surface area contributed by atoms with Gasteiger partial charge in [0.2, 0.25) is 5.95 Å². The first kappa shape index (κ1) is 16.9. The van der Waals surface area contributed by atoms with Gasteiger partial charge in [-0.05, 0) is 19.1 Å². The largest absolute Gasteiger partial charge is 0.394 e. The van der Waals surface area contributed by atoms with E-state index in [1.807, 2.05) is 37.3 Å². The number of nitrogens with zero attached hydrogens (tertiary/aromatic N) is 4. The van der Waals surface area contributed by atoms with E-state index < -0.39 is 31.1 Å². The molecule has 4 unspecified atom stereocenters. The predicted octanol–water partition coefficient (Wildman–Crippen LogP) is 0.490. The third-order valence-electron chi connectivity index (χ3n) is 4.42. The number of aromatic nitrogens is 4. The Balaban J connectivity index is 1.73. The molecule has 3 aromatic rings. The molecule has 4 N–H and O–H groups in total. The topological polar surface area (TPSA) is 126 Å². The van der Waals surface area contributed by atoms with E-state index in [9.17, 15) is 15.3 Å². The number of aliphatic hydroxyl groups is 3. The lowest BCUT2D eigenvalue weighted by atomic mass is 10.1. The van der Waals surface area contributed by atoms with Crippen LogP contribution in [0.5, 0.6) is 0 Å². The predicted molar refractivity (Wildman–Crippen MR) is 92.8 cm³/mol. The second-order valence-corrected chi connectivity index (χ2v) is 6.18. The summed E-state index contributed by atoms with van der Waals surface area (Å²) in [5, 5.41) is 32.7. The van der Waals surface area contributed by atoms with E-state index >= 15 is 0 Å². The highest BCUT2D eigenvalue weighted by Crippen LogP contribution is 2.32. The normalized spacial score (nSPS) is 25.7. The molecular weight excluding hydrogens is 338 g/mol. The van der Waals surface area contributed by atoms with Crippen molar-refractivity contribution in [3.63, 3.8) is 0 Å². The van der Waals surface area contributed by atoms with Crippen molar-refractivity contribution in [1.82, 2.24) is 19.5 Å². The molecule has 1 saturated heterocycles. The Bertz CT molecular complexity index is 916. The highest BCUT2D eigenvalue weighted by molar-refractivity contribution is 5.75. The van der Waals surface area contributed by atoms with E-state index in [-0.39, 0.29) is 0 Å². The van der Waals surface area contributed by atoms with Gasteiger partial charge in [0.25, 0.3) is 0 Å². The molecule has 1 aliphatic heterocycles. The van der Waals surface area contributed by atoms with Crippen molar-refractivity contribution in [2.75, 3.05) is 11.9 Å². The maximum atomic E-state index is 10.3. The van der Waals surface area contributed by atoms with Crippen molar-refractivity contribution in [2.45, 2.75) is 31.5 Å². The first-order valence-electron chi connectivity index (χ1n) is 8.24. The number of ether oxygens (including phenoxy) is 1. The van der Waals surface area contributed by atoms with Crippen LogP contribution in [0.2, 0.25) is 0 Å². The number of benzene rings is 1. The van der Waals surface area contributed by atoms with Crippen LogP contribution in [0.1, 0.15) is 11.9 Å². The van der Waals surface area contributed by atoms with E-state index in [0.717, 1.165) is 5.69 Å². The van der Waals surface area contributed by atoms with Gasteiger partial charge >= 0.3 is 0 Å². The number of hydrogen-bond donors (Lipinski definition) is 4. The molecule has 0 aliphatic carbocycles. The van der Waals surface area contributed by atoms with Gasteiger partial charge in [-0.25, -0.2) is 9.97 Å². The van der Waals surface area contributed by atoms with Crippen molar-refractivity contribution >= 4 is 22.8 Å². The summed E-state index contributed by atoms with van der Waals surface area (Å²) in [4.78, 5) is 13.2. The third-order valence-corrected chi connectivity index (χ3v) is 4.42. The van der Waals surface area contributed by atoms with Gasteiger partial charge in [0.05, 0.1) is 18.6 Å². The summed E-state index contributed by atoms with van der Waals surface area (Å²) in [6.45, 7) is 1.42. The SMILES string of the molecule is Cc1nc(Nc2ccccc2)nc2c1ncn2C1OC(CO)C(O)C1O. The number of para-hydroxylation sites is 1. The van der Waals surface area contributed by atoms with Gasteiger partial charge in [0.15, 0.2) is 11.9 Å². The Hall–Kier alpha value is -2.59. The molecular formula is C17H19N5O4. The molecule has 9 nitrogen and oxygen atoms in total. The monoisotopic (exact) mass is 357 g/mol. The van der Waals surface area contributed by atoms with Crippen LogP contribution < -0.4 is 5.32 Å². The molecule has 1 aromatic carbocycles. The number of aliphatic hydroxyl groups excluding tert-OH is 3. The maximum absolute atomic E-state index is 10.3. The summed E-state index contributed by atoms with van der Waals surface area (Å²) in [5.74, 6) is 0.384. The van der Waals surface area contributed by atoms with Crippen LogP contribution in [0, 0.1) is 6.92 Å². The molecule has 0 radical (unpaired) electrons. The van der Waals surface area contributed by atoms with E-state index in [1.54, 1.807) is 4.57 Å². The van der Waals surface area contributed by atoms with Crippen molar-refractivity contribution in [3.05, 3.63) is 42.4 Å². The number of imidazole rings is 1. The van der Waals surface area contributed by atoms with Crippen LogP contribution in [0.3, 0.4) is 0 Å². The molecule has 0 bridgehead atoms. The zero-order chi connectivity index (χ0) is 18.3. The van der Waals surface area contributed by atoms with Gasteiger partial charge in [-0.1, -0.05) is 18.2 Å². The van der Waals surface area contributed by atoms with Crippen LogP contribution >= 0.6 is 0 Å². The lowest BCUT2D eigenvalue weighted by Crippen LogP contribution is -2.33. The minimum absolute atomic E-state index is 0.384. The summed E-state index contributed by atoms with van der Waals surface area (Å²) >= 11 is 0. The smallest absolute Gasteiger partial charge is 0.229 e. The fourth-order valence-electron chi connectivity index (χ4n) is 3.06. The molecule has 136 valence electrons. The first-order chi connectivity index (χ1) is 12.6. The third kappa shape index (κ3) is 2.80. The number of aryl methyl sites for hydroxylation is 1. The van der Waals surface area contributed by atoms with Crippen molar-refractivity contribution in [1.29, 1.82) is 0 Å². The van der Waals surface area contributed by atoms with Gasteiger partial charge in [0.1, 0.15) is 23.8 Å². The van der Waals surface area contributed by atoms with Crippen LogP contribution in [0.25, 0.3) is 11.2 Å². The molecule has 0 saturated carbocycles. The molecule has 0 amide bonds. The maximum Gasteiger partial charge on any atom is 0.229 e. The van der Waals surface area contributed by atoms with Crippen molar-refractivity contribution < 1.29 is 20.1 Å². The fraction of sp³-hybridized carbons (Fsp3) is 0.353. The van der Waals surface area contributed by atoms with Crippen LogP contribution in [-0.4, -0.2) is 59.8 Å². The second kappa shape index (κ2) is 6.61. The number of nitrogens with one attached hydrogen (secondary N) is 1. The van der Waals surface area contributed by atoms with Gasteiger partial charge in [0, 0.05) is 5.69 Å². The average Bonchev–Trinajstić information content (AvgIpc) is 3.18. The highest BCUT2D eigenvalue weighted by Gasteiger charge is 2.44. The Labute approximate surface area is 148 Å². The second-order valence-electron chi connectivity index (χ2n) is 6.18. The standard InChI is InChI=1S/C17H19N5O4/c1-9-12-15(21-17(19-9)20-10-5-3-2-4-6-10)22(8-18-12)16-14(25)13(24)11(7-23)26-16/h2-6,8,11,13-14,16,23-25H,7H2,1H3,(H,19,20,21). The van der Waals surface area contributed by atoms with Crippen molar-refractivity contribution in [2.24, 2.45) is 0 Å². The minimum atomic E-state index is -1.20. The number of rotatable bonds is 4. The van der Waals surface area contributed by atoms with Gasteiger partial charge in [-0.3, -0.25) is 4.57 Å². The van der Waals surface area contributed by atoms with Crippen LogP contribution in [0.15, 0.2) is 36.7 Å². The van der Waals surface area contributed by atoms with E-state index in [2.05, 4.69) is 20.3 Å². The summed E-state index contributed by atoms with van der Waals surface area (Å²) < 4.78 is 7.12. The highest BCUT2D eigenvalue weighted by atomic mass is 16.6. The van der Waals surface area contributed by atoms with E-state index in [1.165, 1.54) is 6.33 Å². The zero-order valence-electron chi connectivity index (χ0n) is 14.0. The van der Waals surface area contributed by atoms with E-state index in [4.69, 9.17) is 4.74 Å². The molecule has 0 spiro atoms. The summed E-state index contributed by atoms with van der Waals surface area (Å²) in [6, 6.07) is 9.50. The lowest BCUT2D eigenvalue weighted by molar-refractivity contribution is -0.0511. The molecule has 2 aromatic heterocycles. The van der Waals surface area contributed by atoms with Gasteiger partial charge in [-0.15, -0.1) is 0 Å². The molecule has 9 heteroatoms. The molecule has 4 atom stereocenters. The Morgan fingerprint density at radius 3 is 2.62 bits per heavy atom. The summed E-state index contributed by atoms with van der Waals surface area (Å²) in [7, 11) is 0. The molecule has 4 rings (SSSR count).